The Bertz CT molecular complexity index is 709. The summed E-state index contributed by atoms with van der Waals surface area (Å²) < 4.78 is 23.4. The number of aliphatic hydroxyl groups is 1. The molecular weight excluding hydrogens is 477 g/mol. The molecule has 1 rings (SSSR count). The molecule has 1 aromatic carbocycles. The normalized spacial score (nSPS) is 12.4. The van der Waals surface area contributed by atoms with Crippen LogP contribution in [-0.2, 0) is 16.4 Å². The molecule has 0 aliphatic carbocycles. The van der Waals surface area contributed by atoms with Gasteiger partial charge in [0.25, 0.3) is 0 Å². The summed E-state index contributed by atoms with van der Waals surface area (Å²) in [4.78, 5) is 4.94. The topological polar surface area (TPSA) is 90.8 Å². The number of aliphatic imine (C=N–C) groups is 1. The van der Waals surface area contributed by atoms with Crippen LogP contribution in [0.4, 0.5) is 0 Å². The number of guanidine groups is 1. The van der Waals surface area contributed by atoms with E-state index in [-0.39, 0.29) is 36.0 Å². The lowest BCUT2D eigenvalue weighted by Crippen LogP contribution is -2.44. The zero-order valence-electron chi connectivity index (χ0n) is 17.0. The Morgan fingerprint density at radius 2 is 1.81 bits per heavy atom. The molecule has 0 saturated carbocycles. The van der Waals surface area contributed by atoms with Crippen LogP contribution < -0.4 is 10.6 Å². The Kier molecular flexibility index (Phi) is 11.5. The second kappa shape index (κ2) is 11.9. The van der Waals surface area contributed by atoms with Gasteiger partial charge in [0.2, 0.25) is 0 Å². The molecule has 0 atom stereocenters. The highest BCUT2D eigenvalue weighted by Crippen LogP contribution is 2.24. The fourth-order valence-corrected chi connectivity index (χ4v) is 3.75. The number of benzene rings is 1. The summed E-state index contributed by atoms with van der Waals surface area (Å²) in [5.41, 5.74) is 1.53. The fourth-order valence-electron chi connectivity index (χ4n) is 2.79. The molecule has 0 fully saturated rings. The van der Waals surface area contributed by atoms with Crippen LogP contribution in [0, 0.1) is 12.3 Å². The summed E-state index contributed by atoms with van der Waals surface area (Å²) in [6.45, 7) is 9.93. The standard InChI is InChI=1S/C19H33N3O3S.HI/c1-6-19(7-2,14-23)13-22-18(20-8-3)21-12-16-9-10-17(15(4)11-16)26(5,24)25;/h9-11,23H,6-8,12-14H2,1-5H3,(H2,20,21,22);1H. The molecule has 3 N–H and O–H groups in total. The van der Waals surface area contributed by atoms with Crippen molar-refractivity contribution in [2.75, 3.05) is 26.0 Å². The number of nitrogens with one attached hydrogen (secondary N) is 2. The maximum absolute atomic E-state index is 11.7. The predicted molar refractivity (Wildman–Crippen MR) is 123 cm³/mol. The van der Waals surface area contributed by atoms with Gasteiger partial charge in [0.1, 0.15) is 0 Å². The van der Waals surface area contributed by atoms with Crippen LogP contribution in [0.3, 0.4) is 0 Å². The summed E-state index contributed by atoms with van der Waals surface area (Å²) in [7, 11) is -3.21. The molecule has 0 heterocycles. The van der Waals surface area contributed by atoms with E-state index in [0.717, 1.165) is 30.5 Å². The van der Waals surface area contributed by atoms with E-state index in [1.165, 1.54) is 6.26 Å². The third-order valence-electron chi connectivity index (χ3n) is 4.87. The molecule has 6 nitrogen and oxygen atoms in total. The average molecular weight is 511 g/mol. The highest BCUT2D eigenvalue weighted by atomic mass is 127. The van der Waals surface area contributed by atoms with Crippen molar-refractivity contribution >= 4 is 39.8 Å². The summed E-state index contributed by atoms with van der Waals surface area (Å²) in [5.74, 6) is 0.692. The molecule has 0 bridgehead atoms. The van der Waals surface area contributed by atoms with E-state index in [1.807, 2.05) is 13.0 Å². The lowest BCUT2D eigenvalue weighted by atomic mass is 9.83. The van der Waals surface area contributed by atoms with Crippen molar-refractivity contribution in [1.29, 1.82) is 0 Å². The van der Waals surface area contributed by atoms with Crippen molar-refractivity contribution in [1.82, 2.24) is 10.6 Å². The molecule has 0 aliphatic heterocycles. The second-order valence-corrected chi connectivity index (χ2v) is 8.77. The number of halogens is 1. The Labute approximate surface area is 181 Å². The first-order chi connectivity index (χ1) is 12.2. The van der Waals surface area contributed by atoms with E-state index in [4.69, 9.17) is 0 Å². The quantitative estimate of drug-likeness (QED) is 0.270. The highest BCUT2D eigenvalue weighted by Gasteiger charge is 2.25. The van der Waals surface area contributed by atoms with Crippen LogP contribution in [0.25, 0.3) is 0 Å². The van der Waals surface area contributed by atoms with Crippen molar-refractivity contribution in [3.05, 3.63) is 29.3 Å². The van der Waals surface area contributed by atoms with Crippen molar-refractivity contribution in [2.24, 2.45) is 10.4 Å². The number of rotatable bonds is 9. The molecule has 0 aliphatic rings. The molecule has 0 unspecified atom stereocenters. The van der Waals surface area contributed by atoms with E-state index >= 15 is 0 Å². The molecule has 0 radical (unpaired) electrons. The number of hydrogen-bond donors (Lipinski definition) is 3. The molecule has 0 aromatic heterocycles. The van der Waals surface area contributed by atoms with E-state index in [9.17, 15) is 13.5 Å². The van der Waals surface area contributed by atoms with Gasteiger partial charge in [-0.2, -0.15) is 0 Å². The molecule has 0 spiro atoms. The third-order valence-corrected chi connectivity index (χ3v) is 6.13. The van der Waals surface area contributed by atoms with Gasteiger partial charge in [0.15, 0.2) is 15.8 Å². The van der Waals surface area contributed by atoms with Crippen LogP contribution in [-0.4, -0.2) is 45.4 Å². The van der Waals surface area contributed by atoms with Crippen LogP contribution in [0.2, 0.25) is 0 Å². The van der Waals surface area contributed by atoms with Gasteiger partial charge in [-0.15, -0.1) is 24.0 Å². The molecule has 156 valence electrons. The van der Waals surface area contributed by atoms with E-state index in [2.05, 4.69) is 29.5 Å². The van der Waals surface area contributed by atoms with Crippen LogP contribution >= 0.6 is 24.0 Å². The highest BCUT2D eigenvalue weighted by molar-refractivity contribution is 14.0. The summed E-state index contributed by atoms with van der Waals surface area (Å²) in [5, 5.41) is 16.2. The molecule has 27 heavy (non-hydrogen) atoms. The van der Waals surface area contributed by atoms with Gasteiger partial charge in [-0.3, -0.25) is 0 Å². The Morgan fingerprint density at radius 3 is 2.26 bits per heavy atom. The van der Waals surface area contributed by atoms with Crippen LogP contribution in [0.15, 0.2) is 28.1 Å². The average Bonchev–Trinajstić information content (AvgIpc) is 2.60. The number of aliphatic hydroxyl groups excluding tert-OH is 1. The Morgan fingerprint density at radius 1 is 1.19 bits per heavy atom. The SMILES string of the molecule is CCNC(=NCc1ccc(S(C)(=O)=O)c(C)c1)NCC(CC)(CC)CO.I. The van der Waals surface area contributed by atoms with Gasteiger partial charge in [-0.25, -0.2) is 13.4 Å². The minimum Gasteiger partial charge on any atom is -0.396 e. The smallest absolute Gasteiger partial charge is 0.191 e. The van der Waals surface area contributed by atoms with Crippen LogP contribution in [0.5, 0.6) is 0 Å². The van der Waals surface area contributed by atoms with Crippen molar-refractivity contribution in [3.63, 3.8) is 0 Å². The number of hydrogen-bond acceptors (Lipinski definition) is 4. The second-order valence-electron chi connectivity index (χ2n) is 6.79. The van der Waals surface area contributed by atoms with E-state index < -0.39 is 9.84 Å². The lowest BCUT2D eigenvalue weighted by Gasteiger charge is -2.30. The van der Waals surface area contributed by atoms with Crippen molar-refractivity contribution in [2.45, 2.75) is 52.0 Å². The van der Waals surface area contributed by atoms with Gasteiger partial charge in [0, 0.05) is 24.8 Å². The first kappa shape index (κ1) is 26.1. The molecule has 0 saturated heterocycles. The van der Waals surface area contributed by atoms with Crippen molar-refractivity contribution in [3.8, 4) is 0 Å². The number of nitrogens with zero attached hydrogens (tertiary/aromatic N) is 1. The monoisotopic (exact) mass is 511 g/mol. The Hall–Kier alpha value is -0.870. The third kappa shape index (κ3) is 7.95. The Balaban J connectivity index is 0.00000676. The summed E-state index contributed by atoms with van der Waals surface area (Å²) in [6.07, 6.45) is 2.99. The molecule has 1 aromatic rings. The van der Waals surface area contributed by atoms with Crippen molar-refractivity contribution < 1.29 is 13.5 Å². The maximum Gasteiger partial charge on any atom is 0.191 e. The number of sulfone groups is 1. The molecule has 8 heteroatoms. The largest absolute Gasteiger partial charge is 0.396 e. The van der Waals surface area contributed by atoms with E-state index in [1.54, 1.807) is 19.1 Å². The predicted octanol–water partition coefficient (Wildman–Crippen LogP) is 2.87. The van der Waals surface area contributed by atoms with Gasteiger partial charge in [-0.1, -0.05) is 26.0 Å². The van der Waals surface area contributed by atoms with E-state index in [0.29, 0.717) is 23.9 Å². The zero-order chi connectivity index (χ0) is 19.8. The van der Waals surface area contributed by atoms with Crippen LogP contribution in [0.1, 0.15) is 44.7 Å². The summed E-state index contributed by atoms with van der Waals surface area (Å²) in [6, 6.07) is 5.30. The minimum atomic E-state index is -3.21. The lowest BCUT2D eigenvalue weighted by molar-refractivity contribution is 0.118. The molecular formula is C19H34IN3O3S. The fraction of sp³-hybridized carbons (Fsp3) is 0.632. The first-order valence-electron chi connectivity index (χ1n) is 9.14. The van der Waals surface area contributed by atoms with Gasteiger partial charge >= 0.3 is 0 Å². The molecule has 0 amide bonds. The minimum absolute atomic E-state index is 0. The van der Waals surface area contributed by atoms with Gasteiger partial charge in [0.05, 0.1) is 18.0 Å². The zero-order valence-corrected chi connectivity index (χ0v) is 20.1. The number of aryl methyl sites for hydroxylation is 1. The first-order valence-corrected chi connectivity index (χ1v) is 11.0. The maximum atomic E-state index is 11.7. The van der Waals surface area contributed by atoms with Gasteiger partial charge < -0.3 is 15.7 Å². The van der Waals surface area contributed by atoms with Gasteiger partial charge in [-0.05, 0) is 43.9 Å². The summed E-state index contributed by atoms with van der Waals surface area (Å²) >= 11 is 0.